The number of hydrogen-bond donors (Lipinski definition) is 1. The van der Waals surface area contributed by atoms with Crippen molar-refractivity contribution in [2.24, 2.45) is 0 Å². The third-order valence-corrected chi connectivity index (χ3v) is 4.60. The molecule has 0 amide bonds. The number of halogens is 1. The molecule has 1 saturated heterocycles. The Kier molecular flexibility index (Phi) is 3.79. The summed E-state index contributed by atoms with van der Waals surface area (Å²) in [7, 11) is -3.12. The summed E-state index contributed by atoms with van der Waals surface area (Å²) in [6.07, 6.45) is 1.96. The molecule has 94 valence electrons. The SMILES string of the molecule is O=S(=O)(Cc1ccc(F)cc1)CC1CCCN1. The highest BCUT2D eigenvalue weighted by atomic mass is 32.2. The van der Waals surface area contributed by atoms with Crippen molar-refractivity contribution in [1.82, 2.24) is 5.32 Å². The molecule has 5 heteroatoms. The van der Waals surface area contributed by atoms with E-state index in [4.69, 9.17) is 0 Å². The fraction of sp³-hybridized carbons (Fsp3) is 0.500. The molecule has 17 heavy (non-hydrogen) atoms. The van der Waals surface area contributed by atoms with Crippen LogP contribution in [0.5, 0.6) is 0 Å². The lowest BCUT2D eigenvalue weighted by molar-refractivity contribution is 0.576. The molecule has 3 nitrogen and oxygen atoms in total. The molecule has 2 rings (SSSR count). The van der Waals surface area contributed by atoms with Gasteiger partial charge in [-0.05, 0) is 37.1 Å². The highest BCUT2D eigenvalue weighted by molar-refractivity contribution is 7.90. The summed E-state index contributed by atoms with van der Waals surface area (Å²) in [4.78, 5) is 0. The quantitative estimate of drug-likeness (QED) is 0.889. The first-order chi connectivity index (χ1) is 8.05. The molecule has 0 bridgehead atoms. The molecular weight excluding hydrogens is 241 g/mol. The van der Waals surface area contributed by atoms with Crippen LogP contribution in [0.25, 0.3) is 0 Å². The van der Waals surface area contributed by atoms with Crippen LogP contribution in [0.1, 0.15) is 18.4 Å². The van der Waals surface area contributed by atoms with Crippen LogP contribution in [0.4, 0.5) is 4.39 Å². The summed E-state index contributed by atoms with van der Waals surface area (Å²) in [5.74, 6) is -0.181. The molecule has 1 aromatic carbocycles. The van der Waals surface area contributed by atoms with Crippen molar-refractivity contribution >= 4 is 9.84 Å². The number of rotatable bonds is 4. The van der Waals surface area contributed by atoms with Crippen LogP contribution in [0.2, 0.25) is 0 Å². The Labute approximate surface area is 101 Å². The van der Waals surface area contributed by atoms with Gasteiger partial charge in [0, 0.05) is 6.04 Å². The lowest BCUT2D eigenvalue weighted by Crippen LogP contribution is -2.30. The third kappa shape index (κ3) is 3.78. The van der Waals surface area contributed by atoms with E-state index in [0.717, 1.165) is 19.4 Å². The zero-order chi connectivity index (χ0) is 12.3. The summed E-state index contributed by atoms with van der Waals surface area (Å²) in [6.45, 7) is 0.900. The van der Waals surface area contributed by atoms with Gasteiger partial charge in [0.25, 0.3) is 0 Å². The van der Waals surface area contributed by atoms with Crippen LogP contribution in [0, 0.1) is 5.82 Å². The van der Waals surface area contributed by atoms with Gasteiger partial charge >= 0.3 is 0 Å². The van der Waals surface area contributed by atoms with Gasteiger partial charge in [-0.25, -0.2) is 12.8 Å². The van der Waals surface area contributed by atoms with E-state index in [1.165, 1.54) is 24.3 Å². The smallest absolute Gasteiger partial charge is 0.155 e. The summed E-state index contributed by atoms with van der Waals surface area (Å²) in [5, 5.41) is 3.17. The molecule has 0 radical (unpaired) electrons. The molecule has 0 saturated carbocycles. The second kappa shape index (κ2) is 5.14. The van der Waals surface area contributed by atoms with Gasteiger partial charge in [-0.2, -0.15) is 0 Å². The molecule has 1 unspecified atom stereocenters. The Morgan fingerprint density at radius 2 is 2.00 bits per heavy atom. The molecule has 0 spiro atoms. The molecular formula is C12H16FNO2S. The van der Waals surface area contributed by atoms with E-state index in [1.54, 1.807) is 0 Å². The van der Waals surface area contributed by atoms with E-state index in [9.17, 15) is 12.8 Å². The summed E-state index contributed by atoms with van der Waals surface area (Å²) < 4.78 is 36.5. The van der Waals surface area contributed by atoms with Gasteiger partial charge in [-0.1, -0.05) is 12.1 Å². The maximum absolute atomic E-state index is 12.7. The van der Waals surface area contributed by atoms with Crippen molar-refractivity contribution in [3.63, 3.8) is 0 Å². The van der Waals surface area contributed by atoms with Crippen molar-refractivity contribution in [3.05, 3.63) is 35.6 Å². The van der Waals surface area contributed by atoms with Gasteiger partial charge in [-0.3, -0.25) is 0 Å². The van der Waals surface area contributed by atoms with Crippen molar-refractivity contribution < 1.29 is 12.8 Å². The van der Waals surface area contributed by atoms with E-state index >= 15 is 0 Å². The fourth-order valence-corrected chi connectivity index (χ4v) is 3.81. The number of hydrogen-bond acceptors (Lipinski definition) is 3. The average Bonchev–Trinajstić information content (AvgIpc) is 2.73. The minimum absolute atomic E-state index is 0.00847. The molecule has 1 atom stereocenters. The van der Waals surface area contributed by atoms with E-state index < -0.39 is 9.84 Å². The van der Waals surface area contributed by atoms with Gasteiger partial charge in [0.15, 0.2) is 9.84 Å². The lowest BCUT2D eigenvalue weighted by Gasteiger charge is -2.10. The first kappa shape index (κ1) is 12.5. The standard InChI is InChI=1S/C12H16FNO2S/c13-11-5-3-10(4-6-11)8-17(15,16)9-12-2-1-7-14-12/h3-6,12,14H,1-2,7-9H2. The van der Waals surface area contributed by atoms with Crippen LogP contribution in [-0.2, 0) is 15.6 Å². The Morgan fingerprint density at radius 1 is 1.29 bits per heavy atom. The maximum atomic E-state index is 12.7. The van der Waals surface area contributed by atoms with Crippen LogP contribution >= 0.6 is 0 Å². The molecule has 1 heterocycles. The minimum atomic E-state index is -3.12. The molecule has 1 N–H and O–H groups in total. The zero-order valence-electron chi connectivity index (χ0n) is 9.52. The van der Waals surface area contributed by atoms with Crippen molar-refractivity contribution in [1.29, 1.82) is 0 Å². The third-order valence-electron chi connectivity index (χ3n) is 2.92. The number of sulfone groups is 1. The monoisotopic (exact) mass is 257 g/mol. The fourth-order valence-electron chi connectivity index (χ4n) is 2.10. The largest absolute Gasteiger partial charge is 0.313 e. The summed E-state index contributed by atoms with van der Waals surface area (Å²) >= 11 is 0. The number of benzene rings is 1. The van der Waals surface area contributed by atoms with E-state index in [1.807, 2.05) is 0 Å². The van der Waals surface area contributed by atoms with Crippen molar-refractivity contribution in [2.75, 3.05) is 12.3 Å². The molecule has 1 aliphatic heterocycles. The Balaban J connectivity index is 1.98. The van der Waals surface area contributed by atoms with Crippen LogP contribution in [0.15, 0.2) is 24.3 Å². The second-order valence-electron chi connectivity index (χ2n) is 4.47. The Bertz CT molecular complexity index is 464. The highest BCUT2D eigenvalue weighted by Gasteiger charge is 2.22. The molecule has 1 fully saturated rings. The van der Waals surface area contributed by atoms with Gasteiger partial charge in [0.2, 0.25) is 0 Å². The average molecular weight is 257 g/mol. The normalized spacial score (nSPS) is 20.6. The second-order valence-corrected chi connectivity index (χ2v) is 6.58. The molecule has 1 aromatic rings. The Hall–Kier alpha value is -0.940. The Morgan fingerprint density at radius 3 is 2.59 bits per heavy atom. The minimum Gasteiger partial charge on any atom is -0.313 e. The maximum Gasteiger partial charge on any atom is 0.155 e. The van der Waals surface area contributed by atoms with Crippen LogP contribution in [0.3, 0.4) is 0 Å². The molecule has 0 aliphatic carbocycles. The van der Waals surface area contributed by atoms with Gasteiger partial charge in [0.05, 0.1) is 11.5 Å². The van der Waals surface area contributed by atoms with Crippen LogP contribution < -0.4 is 5.32 Å². The van der Waals surface area contributed by atoms with Crippen LogP contribution in [-0.4, -0.2) is 26.8 Å². The molecule has 0 aromatic heterocycles. The first-order valence-corrected chi connectivity index (χ1v) is 7.55. The number of nitrogens with one attached hydrogen (secondary N) is 1. The van der Waals surface area contributed by atoms with E-state index in [0.29, 0.717) is 5.56 Å². The summed E-state index contributed by atoms with van der Waals surface area (Å²) in [5.41, 5.74) is 0.643. The lowest BCUT2D eigenvalue weighted by atomic mass is 10.2. The van der Waals surface area contributed by atoms with E-state index in [-0.39, 0.29) is 23.4 Å². The van der Waals surface area contributed by atoms with Crippen molar-refractivity contribution in [2.45, 2.75) is 24.6 Å². The van der Waals surface area contributed by atoms with Gasteiger partial charge < -0.3 is 5.32 Å². The van der Waals surface area contributed by atoms with E-state index in [2.05, 4.69) is 5.32 Å². The summed E-state index contributed by atoms with van der Waals surface area (Å²) in [6, 6.07) is 5.71. The van der Waals surface area contributed by atoms with Gasteiger partial charge in [0.1, 0.15) is 5.82 Å². The first-order valence-electron chi connectivity index (χ1n) is 5.73. The predicted octanol–water partition coefficient (Wildman–Crippen LogP) is 1.49. The highest BCUT2D eigenvalue weighted by Crippen LogP contribution is 2.12. The molecule has 1 aliphatic rings. The van der Waals surface area contributed by atoms with Gasteiger partial charge in [-0.15, -0.1) is 0 Å². The van der Waals surface area contributed by atoms with Crippen molar-refractivity contribution in [3.8, 4) is 0 Å². The topological polar surface area (TPSA) is 46.2 Å². The zero-order valence-corrected chi connectivity index (χ0v) is 10.3. The predicted molar refractivity (Wildman–Crippen MR) is 64.9 cm³/mol.